The van der Waals surface area contributed by atoms with Crippen LogP contribution in [0.15, 0.2) is 0 Å². The van der Waals surface area contributed by atoms with E-state index in [1.54, 1.807) is 0 Å². The average Bonchev–Trinajstić information content (AvgIpc) is 2.50. The normalized spacial score (nSPS) is 23.9. The molecule has 124 valence electrons. The molecule has 0 bridgehead atoms. The summed E-state index contributed by atoms with van der Waals surface area (Å²) >= 11 is 0. The highest BCUT2D eigenvalue weighted by atomic mass is 35.5. The van der Waals surface area contributed by atoms with Crippen molar-refractivity contribution < 1.29 is 9.53 Å². The second kappa shape index (κ2) is 9.65. The van der Waals surface area contributed by atoms with Crippen LogP contribution in [0, 0.1) is 0 Å². The summed E-state index contributed by atoms with van der Waals surface area (Å²) in [4.78, 5) is 17.3. The number of halogens is 1. The molecule has 0 N–H and O–H groups in total. The molecule has 2 heterocycles. The fourth-order valence-corrected chi connectivity index (χ4v) is 3.60. The molecular formula is C16H31ClN2O2. The highest BCUT2D eigenvalue weighted by Gasteiger charge is 2.36. The number of hydrogen-bond acceptors (Lipinski definition) is 4. The largest absolute Gasteiger partial charge is 0.465 e. The lowest BCUT2D eigenvalue weighted by Crippen LogP contribution is -2.57. The third-order valence-electron chi connectivity index (χ3n) is 4.74. The average molecular weight is 319 g/mol. The van der Waals surface area contributed by atoms with Crippen molar-refractivity contribution in [1.29, 1.82) is 0 Å². The lowest BCUT2D eigenvalue weighted by atomic mass is 10.00. The van der Waals surface area contributed by atoms with E-state index < -0.39 is 0 Å². The van der Waals surface area contributed by atoms with Gasteiger partial charge in [-0.25, -0.2) is 0 Å². The molecule has 4 nitrogen and oxygen atoms in total. The van der Waals surface area contributed by atoms with Gasteiger partial charge in [0.25, 0.3) is 0 Å². The fourth-order valence-electron chi connectivity index (χ4n) is 3.60. The van der Waals surface area contributed by atoms with E-state index in [0.29, 0.717) is 6.61 Å². The van der Waals surface area contributed by atoms with Crippen molar-refractivity contribution in [3.63, 3.8) is 0 Å². The van der Waals surface area contributed by atoms with Crippen LogP contribution in [-0.4, -0.2) is 60.6 Å². The molecule has 0 amide bonds. The molecule has 5 heteroatoms. The summed E-state index contributed by atoms with van der Waals surface area (Å²) in [6, 6.07) is 0.195. The summed E-state index contributed by atoms with van der Waals surface area (Å²) in [5, 5.41) is 0. The second-order valence-electron chi connectivity index (χ2n) is 6.13. The Bertz CT molecular complexity index is 303. The number of carbonyl (C=O) groups is 1. The second-order valence-corrected chi connectivity index (χ2v) is 6.13. The van der Waals surface area contributed by atoms with Gasteiger partial charge in [-0.15, -0.1) is 12.4 Å². The molecule has 2 aliphatic heterocycles. The zero-order valence-corrected chi connectivity index (χ0v) is 14.4. The Labute approximate surface area is 135 Å². The number of esters is 1. The van der Waals surface area contributed by atoms with E-state index in [-0.39, 0.29) is 30.5 Å². The number of likely N-dealkylation sites (tertiary alicyclic amines) is 2. The van der Waals surface area contributed by atoms with Gasteiger partial charge in [0.15, 0.2) is 0 Å². The monoisotopic (exact) mass is 318 g/mol. The van der Waals surface area contributed by atoms with Crippen LogP contribution in [-0.2, 0) is 9.53 Å². The van der Waals surface area contributed by atoms with Crippen LogP contribution in [0.1, 0.15) is 52.4 Å². The Morgan fingerprint density at radius 3 is 1.90 bits per heavy atom. The lowest BCUT2D eigenvalue weighted by molar-refractivity contribution is -0.153. The van der Waals surface area contributed by atoms with Crippen LogP contribution >= 0.6 is 12.4 Å². The van der Waals surface area contributed by atoms with Gasteiger partial charge in [-0.2, -0.15) is 0 Å². The van der Waals surface area contributed by atoms with Crippen LogP contribution < -0.4 is 0 Å². The standard InChI is InChI=1S/C16H30N2O2.ClH/c1-3-20-16(19)15(18-12-8-5-9-13-18)14(2)17-10-6-4-7-11-17;/h14-15H,3-13H2,1-2H3;1H. The number of piperidine rings is 2. The topological polar surface area (TPSA) is 32.8 Å². The van der Waals surface area contributed by atoms with E-state index >= 15 is 0 Å². The van der Waals surface area contributed by atoms with E-state index in [9.17, 15) is 4.79 Å². The summed E-state index contributed by atoms with van der Waals surface area (Å²) in [5.74, 6) is -0.0209. The maximum Gasteiger partial charge on any atom is 0.324 e. The van der Waals surface area contributed by atoms with Gasteiger partial charge in [-0.1, -0.05) is 12.8 Å². The quantitative estimate of drug-likeness (QED) is 0.730. The van der Waals surface area contributed by atoms with Crippen molar-refractivity contribution >= 4 is 18.4 Å². The number of carbonyl (C=O) groups excluding carboxylic acids is 1. The van der Waals surface area contributed by atoms with Crippen molar-refractivity contribution in [2.45, 2.75) is 64.5 Å². The minimum absolute atomic E-state index is 0. The molecule has 0 radical (unpaired) electrons. The van der Waals surface area contributed by atoms with E-state index in [1.165, 1.54) is 38.5 Å². The first kappa shape index (κ1) is 18.7. The van der Waals surface area contributed by atoms with E-state index in [2.05, 4.69) is 16.7 Å². The number of rotatable bonds is 5. The molecule has 0 aliphatic carbocycles. The molecule has 0 aromatic carbocycles. The maximum atomic E-state index is 12.4. The molecule has 0 spiro atoms. The van der Waals surface area contributed by atoms with Crippen molar-refractivity contribution in [3.05, 3.63) is 0 Å². The Hall–Kier alpha value is -0.320. The third kappa shape index (κ3) is 5.11. The number of ether oxygens (including phenoxy) is 1. The third-order valence-corrected chi connectivity index (χ3v) is 4.74. The van der Waals surface area contributed by atoms with Gasteiger partial charge >= 0.3 is 5.97 Å². The Morgan fingerprint density at radius 2 is 1.43 bits per heavy atom. The van der Waals surface area contributed by atoms with E-state index in [4.69, 9.17) is 4.74 Å². The van der Waals surface area contributed by atoms with Crippen LogP contribution in [0.2, 0.25) is 0 Å². The Morgan fingerprint density at radius 1 is 0.952 bits per heavy atom. The summed E-state index contributed by atoms with van der Waals surface area (Å²) in [6.07, 6.45) is 7.58. The molecule has 2 unspecified atom stereocenters. The van der Waals surface area contributed by atoms with E-state index in [0.717, 1.165) is 26.2 Å². The molecule has 2 aliphatic rings. The Balaban J connectivity index is 0.00000220. The van der Waals surface area contributed by atoms with Gasteiger partial charge in [0.05, 0.1) is 6.61 Å². The first-order valence-corrected chi connectivity index (χ1v) is 8.38. The van der Waals surface area contributed by atoms with Gasteiger partial charge in [0.1, 0.15) is 6.04 Å². The summed E-state index contributed by atoms with van der Waals surface area (Å²) in [7, 11) is 0. The highest BCUT2D eigenvalue weighted by molar-refractivity contribution is 5.85. The van der Waals surface area contributed by atoms with Crippen LogP contribution in [0.5, 0.6) is 0 Å². The zero-order valence-electron chi connectivity index (χ0n) is 13.6. The van der Waals surface area contributed by atoms with Gasteiger partial charge in [-0.3, -0.25) is 14.6 Å². The minimum Gasteiger partial charge on any atom is -0.465 e. The molecule has 0 aromatic rings. The molecule has 2 atom stereocenters. The van der Waals surface area contributed by atoms with Gasteiger partial charge < -0.3 is 4.74 Å². The number of hydrogen-bond donors (Lipinski definition) is 0. The smallest absolute Gasteiger partial charge is 0.324 e. The molecule has 2 fully saturated rings. The van der Waals surface area contributed by atoms with E-state index in [1.807, 2.05) is 6.92 Å². The minimum atomic E-state index is -0.0756. The molecule has 0 aromatic heterocycles. The summed E-state index contributed by atoms with van der Waals surface area (Å²) < 4.78 is 5.36. The predicted molar refractivity (Wildman–Crippen MR) is 88.0 cm³/mol. The maximum absolute atomic E-state index is 12.4. The molecular weight excluding hydrogens is 288 g/mol. The fraction of sp³-hybridized carbons (Fsp3) is 0.938. The van der Waals surface area contributed by atoms with Crippen molar-refractivity contribution in [2.75, 3.05) is 32.8 Å². The summed E-state index contributed by atoms with van der Waals surface area (Å²) in [6.45, 7) is 8.94. The Kier molecular flexibility index (Phi) is 8.60. The van der Waals surface area contributed by atoms with Crippen molar-refractivity contribution in [3.8, 4) is 0 Å². The van der Waals surface area contributed by atoms with Crippen LogP contribution in [0.25, 0.3) is 0 Å². The van der Waals surface area contributed by atoms with Crippen LogP contribution in [0.4, 0.5) is 0 Å². The predicted octanol–water partition coefficient (Wildman–Crippen LogP) is 2.70. The van der Waals surface area contributed by atoms with Crippen molar-refractivity contribution in [2.24, 2.45) is 0 Å². The number of nitrogens with zero attached hydrogens (tertiary/aromatic N) is 2. The lowest BCUT2D eigenvalue weighted by Gasteiger charge is -2.42. The van der Waals surface area contributed by atoms with Gasteiger partial charge in [0.2, 0.25) is 0 Å². The molecule has 2 rings (SSSR count). The SMILES string of the molecule is CCOC(=O)C(C(C)N1CCCCC1)N1CCCCC1.Cl. The zero-order chi connectivity index (χ0) is 14.4. The molecule has 2 saturated heterocycles. The molecule has 21 heavy (non-hydrogen) atoms. The van der Waals surface area contributed by atoms with Gasteiger partial charge in [0, 0.05) is 6.04 Å². The first-order valence-electron chi connectivity index (χ1n) is 8.38. The summed E-state index contributed by atoms with van der Waals surface area (Å²) in [5.41, 5.74) is 0. The molecule has 0 saturated carbocycles. The van der Waals surface area contributed by atoms with Gasteiger partial charge in [-0.05, 0) is 65.7 Å². The van der Waals surface area contributed by atoms with Crippen molar-refractivity contribution in [1.82, 2.24) is 9.80 Å². The first-order chi connectivity index (χ1) is 9.74. The van der Waals surface area contributed by atoms with Crippen LogP contribution in [0.3, 0.4) is 0 Å². The highest BCUT2D eigenvalue weighted by Crippen LogP contribution is 2.21.